The lowest BCUT2D eigenvalue weighted by Gasteiger charge is -2.23. The molecule has 3 heterocycles. The molecule has 0 saturated heterocycles. The largest absolute Gasteiger partial charge is 0.378 e. The van der Waals surface area contributed by atoms with Crippen molar-refractivity contribution in [2.24, 2.45) is 0 Å². The number of hydrogen-bond donors (Lipinski definition) is 2. The van der Waals surface area contributed by atoms with Crippen molar-refractivity contribution in [1.82, 2.24) is 25.6 Å². The third kappa shape index (κ3) is 4.03. The van der Waals surface area contributed by atoms with Crippen LogP contribution in [0.4, 0.5) is 0 Å². The van der Waals surface area contributed by atoms with Gasteiger partial charge < -0.3 is 10.6 Å². The first kappa shape index (κ1) is 20.4. The first-order chi connectivity index (χ1) is 14.6. The van der Waals surface area contributed by atoms with Crippen molar-refractivity contribution in [3.63, 3.8) is 0 Å². The molecular weight excluding hydrogens is 370 g/mol. The smallest absolute Gasteiger partial charge is 0.0918 e. The Morgan fingerprint density at radius 3 is 2.97 bits per heavy atom. The van der Waals surface area contributed by atoms with Gasteiger partial charge in [0.15, 0.2) is 0 Å². The molecule has 1 unspecified atom stereocenters. The van der Waals surface area contributed by atoms with Gasteiger partial charge in [-0.2, -0.15) is 0 Å². The molecule has 5 heteroatoms. The predicted molar refractivity (Wildman–Crippen MR) is 124 cm³/mol. The van der Waals surface area contributed by atoms with Crippen molar-refractivity contribution in [2.45, 2.75) is 46.2 Å². The highest BCUT2D eigenvalue weighted by Crippen LogP contribution is 2.37. The second-order valence-electron chi connectivity index (χ2n) is 8.05. The maximum absolute atomic E-state index is 4.40. The highest BCUT2D eigenvalue weighted by atomic mass is 15.4. The van der Waals surface area contributed by atoms with Gasteiger partial charge in [-0.3, -0.25) is 0 Å². The molecule has 2 aliphatic rings. The van der Waals surface area contributed by atoms with Crippen LogP contribution in [0.3, 0.4) is 0 Å². The summed E-state index contributed by atoms with van der Waals surface area (Å²) < 4.78 is 2.06. The number of fused-ring (bicyclic) bond motifs is 3. The van der Waals surface area contributed by atoms with E-state index in [-0.39, 0.29) is 6.04 Å². The summed E-state index contributed by atoms with van der Waals surface area (Å²) in [5.74, 6) is 0. The second kappa shape index (κ2) is 8.84. The van der Waals surface area contributed by atoms with Crippen LogP contribution in [0.5, 0.6) is 0 Å². The van der Waals surface area contributed by atoms with E-state index in [1.165, 1.54) is 22.3 Å². The topological polar surface area (TPSA) is 54.8 Å². The van der Waals surface area contributed by atoms with Crippen LogP contribution in [-0.2, 0) is 6.54 Å². The normalized spacial score (nSPS) is 19.4. The number of aromatic nitrogens is 3. The molecule has 4 rings (SSSR count). The minimum atomic E-state index is 0.198. The summed E-state index contributed by atoms with van der Waals surface area (Å²) in [6.07, 6.45) is 10.5. The Hall–Kier alpha value is -2.92. The maximum atomic E-state index is 4.40. The van der Waals surface area contributed by atoms with E-state index in [1.807, 2.05) is 13.0 Å². The number of nitrogens with zero attached hydrogens (tertiary/aromatic N) is 3. The number of nitrogens with one attached hydrogen (secondary N) is 2. The zero-order valence-electron chi connectivity index (χ0n) is 18.2. The Kier molecular flexibility index (Phi) is 6.00. The molecule has 0 fully saturated rings. The van der Waals surface area contributed by atoms with E-state index in [0.717, 1.165) is 55.1 Å². The van der Waals surface area contributed by atoms with Gasteiger partial charge in [-0.05, 0) is 74.6 Å². The first-order valence-corrected chi connectivity index (χ1v) is 10.8. The highest BCUT2D eigenvalue weighted by molar-refractivity contribution is 5.74. The molecule has 0 aliphatic carbocycles. The number of hydrogen-bond acceptors (Lipinski definition) is 4. The Balaban J connectivity index is 1.79. The van der Waals surface area contributed by atoms with E-state index in [0.29, 0.717) is 0 Å². The minimum absolute atomic E-state index is 0.198. The van der Waals surface area contributed by atoms with Gasteiger partial charge in [0.1, 0.15) is 0 Å². The molecule has 1 atom stereocenters. The number of aryl methyl sites for hydroxylation is 2. The van der Waals surface area contributed by atoms with E-state index < -0.39 is 0 Å². The van der Waals surface area contributed by atoms with Crippen LogP contribution >= 0.6 is 0 Å². The van der Waals surface area contributed by atoms with E-state index in [9.17, 15) is 0 Å². The molecule has 5 nitrogen and oxygen atoms in total. The van der Waals surface area contributed by atoms with Crippen LogP contribution in [-0.4, -0.2) is 28.1 Å². The molecule has 30 heavy (non-hydrogen) atoms. The predicted octanol–water partition coefficient (Wildman–Crippen LogP) is 4.70. The van der Waals surface area contributed by atoms with Crippen LogP contribution in [0, 0.1) is 6.92 Å². The zero-order chi connectivity index (χ0) is 21.1. The Morgan fingerprint density at radius 2 is 2.23 bits per heavy atom. The van der Waals surface area contributed by atoms with Crippen molar-refractivity contribution < 1.29 is 0 Å². The quantitative estimate of drug-likeness (QED) is 0.713. The second-order valence-corrected chi connectivity index (χ2v) is 8.05. The standard InChI is InChI=1S/C25H31N5/c1-5-17(3)15-21(6-2)27-24-11-14-30-25(18(4)28-29-30)22-8-7-20(16-23(22)24)19-9-12-26-13-10-19/h5-9,15-16,24,26-27H,1,10-14H2,2-4H3/b17-15-,21-6+. The lowest BCUT2D eigenvalue weighted by molar-refractivity contribution is 0.484. The molecule has 0 saturated carbocycles. The van der Waals surface area contributed by atoms with E-state index in [4.69, 9.17) is 0 Å². The van der Waals surface area contributed by atoms with Gasteiger partial charge in [0, 0.05) is 24.4 Å². The minimum Gasteiger partial charge on any atom is -0.378 e. The lowest BCUT2D eigenvalue weighted by Crippen LogP contribution is -2.22. The van der Waals surface area contributed by atoms with Gasteiger partial charge in [-0.25, -0.2) is 4.68 Å². The van der Waals surface area contributed by atoms with Crippen molar-refractivity contribution in [1.29, 1.82) is 0 Å². The number of rotatable bonds is 5. The summed E-state index contributed by atoms with van der Waals surface area (Å²) >= 11 is 0. The van der Waals surface area contributed by atoms with Gasteiger partial charge in [0.05, 0.1) is 17.4 Å². The van der Waals surface area contributed by atoms with E-state index >= 15 is 0 Å². The maximum Gasteiger partial charge on any atom is 0.0918 e. The molecular formula is C25H31N5. The van der Waals surface area contributed by atoms with Crippen LogP contribution in [0.25, 0.3) is 16.8 Å². The number of allylic oxidation sites excluding steroid dienone is 4. The van der Waals surface area contributed by atoms with Crippen molar-refractivity contribution in [2.75, 3.05) is 13.1 Å². The Bertz CT molecular complexity index is 1040. The van der Waals surface area contributed by atoms with Gasteiger partial charge >= 0.3 is 0 Å². The fourth-order valence-corrected chi connectivity index (χ4v) is 4.31. The van der Waals surface area contributed by atoms with Gasteiger partial charge in [-0.1, -0.05) is 42.2 Å². The van der Waals surface area contributed by atoms with E-state index in [2.05, 4.69) is 82.5 Å². The van der Waals surface area contributed by atoms with Crippen LogP contribution in [0.15, 0.2) is 60.4 Å². The van der Waals surface area contributed by atoms with Crippen molar-refractivity contribution in [3.05, 3.63) is 77.2 Å². The first-order valence-electron chi connectivity index (χ1n) is 10.8. The van der Waals surface area contributed by atoms with Crippen LogP contribution in [0.2, 0.25) is 0 Å². The molecule has 0 amide bonds. The molecule has 1 aromatic carbocycles. The molecule has 0 radical (unpaired) electrons. The summed E-state index contributed by atoms with van der Waals surface area (Å²) in [4.78, 5) is 0. The molecule has 2 aliphatic heterocycles. The average molecular weight is 402 g/mol. The summed E-state index contributed by atoms with van der Waals surface area (Å²) in [5.41, 5.74) is 9.68. The van der Waals surface area contributed by atoms with Crippen LogP contribution in [0.1, 0.15) is 49.6 Å². The van der Waals surface area contributed by atoms with Crippen molar-refractivity contribution in [3.8, 4) is 11.3 Å². The Labute approximate surface area is 179 Å². The SMILES string of the molecule is C=C/C(C)=C\C(=C/C)NC1CCn2nnc(C)c2-c2ccc(C3=CCNCC3)cc21. The van der Waals surface area contributed by atoms with Gasteiger partial charge in [0.2, 0.25) is 0 Å². The third-order valence-corrected chi connectivity index (χ3v) is 6.01. The Morgan fingerprint density at radius 1 is 1.37 bits per heavy atom. The summed E-state index contributed by atoms with van der Waals surface area (Å²) in [5, 5.41) is 15.9. The monoisotopic (exact) mass is 401 g/mol. The molecule has 1 aromatic heterocycles. The zero-order valence-corrected chi connectivity index (χ0v) is 18.2. The molecule has 2 N–H and O–H groups in total. The summed E-state index contributed by atoms with van der Waals surface area (Å²) in [7, 11) is 0. The number of benzene rings is 1. The van der Waals surface area contributed by atoms with Gasteiger partial charge in [-0.15, -0.1) is 5.10 Å². The third-order valence-electron chi connectivity index (χ3n) is 6.01. The fourth-order valence-electron chi connectivity index (χ4n) is 4.31. The molecule has 0 spiro atoms. The highest BCUT2D eigenvalue weighted by Gasteiger charge is 2.26. The van der Waals surface area contributed by atoms with Crippen LogP contribution < -0.4 is 10.6 Å². The molecule has 156 valence electrons. The fraction of sp³-hybridized carbons (Fsp3) is 0.360. The van der Waals surface area contributed by atoms with E-state index in [1.54, 1.807) is 0 Å². The average Bonchev–Trinajstić information content (AvgIpc) is 3.07. The summed E-state index contributed by atoms with van der Waals surface area (Å²) in [6, 6.07) is 7.09. The molecule has 2 aromatic rings. The van der Waals surface area contributed by atoms with Gasteiger partial charge in [0.25, 0.3) is 0 Å². The van der Waals surface area contributed by atoms with Crippen molar-refractivity contribution >= 4 is 5.57 Å². The molecule has 0 bridgehead atoms. The lowest BCUT2D eigenvalue weighted by atomic mass is 9.90. The summed E-state index contributed by atoms with van der Waals surface area (Å²) in [6.45, 7) is 12.9.